The minimum atomic E-state index is -3.29. The van der Waals surface area contributed by atoms with Crippen LogP contribution in [0.3, 0.4) is 0 Å². The zero-order chi connectivity index (χ0) is 16.0. The molecule has 1 N–H and O–H groups in total. The fourth-order valence-electron chi connectivity index (χ4n) is 1.79. The van der Waals surface area contributed by atoms with Crippen molar-refractivity contribution in [3.8, 4) is 0 Å². The first-order chi connectivity index (χ1) is 9.81. The van der Waals surface area contributed by atoms with Gasteiger partial charge in [0, 0.05) is 18.7 Å². The van der Waals surface area contributed by atoms with Gasteiger partial charge in [0.25, 0.3) is 5.91 Å². The van der Waals surface area contributed by atoms with Gasteiger partial charge in [0.2, 0.25) is 0 Å². The highest BCUT2D eigenvalue weighted by Crippen LogP contribution is 2.14. The fourth-order valence-corrected chi connectivity index (χ4v) is 2.67. The average molecular weight is 313 g/mol. The number of carbonyl (C=O) groups is 2. The number of hydrogen-bond donors (Lipinski definition) is 1. The predicted octanol–water partition coefficient (Wildman–Crippen LogP) is 1.42. The van der Waals surface area contributed by atoms with E-state index in [9.17, 15) is 18.0 Å². The molecule has 0 saturated heterocycles. The number of sulfone groups is 1. The van der Waals surface area contributed by atoms with Crippen molar-refractivity contribution >= 4 is 21.7 Å². The molecule has 1 aromatic carbocycles. The maximum atomic E-state index is 12.2. The predicted molar refractivity (Wildman–Crippen MR) is 78.0 cm³/mol. The lowest BCUT2D eigenvalue weighted by molar-refractivity contribution is -0.137. The first kappa shape index (κ1) is 17.2. The van der Waals surface area contributed by atoms with Crippen molar-refractivity contribution in [3.05, 3.63) is 29.8 Å². The molecule has 0 aliphatic carbocycles. The number of rotatable bonds is 7. The Labute approximate surface area is 124 Å². The summed E-state index contributed by atoms with van der Waals surface area (Å²) in [4.78, 5) is 24.4. The third-order valence-corrected chi connectivity index (χ3v) is 4.86. The van der Waals surface area contributed by atoms with E-state index in [2.05, 4.69) is 0 Å². The molecular formula is C14H19NO5S. The highest BCUT2D eigenvalue weighted by Gasteiger charge is 2.17. The van der Waals surface area contributed by atoms with Gasteiger partial charge in [-0.05, 0) is 31.2 Å². The van der Waals surface area contributed by atoms with E-state index in [0.29, 0.717) is 12.1 Å². The van der Waals surface area contributed by atoms with Crippen LogP contribution < -0.4 is 0 Å². The van der Waals surface area contributed by atoms with Crippen molar-refractivity contribution in [2.45, 2.75) is 25.2 Å². The monoisotopic (exact) mass is 313 g/mol. The Morgan fingerprint density at radius 2 is 1.71 bits per heavy atom. The van der Waals surface area contributed by atoms with E-state index in [1.165, 1.54) is 29.2 Å². The molecule has 0 bridgehead atoms. The Balaban J connectivity index is 2.90. The maximum Gasteiger partial charge on any atom is 0.305 e. The van der Waals surface area contributed by atoms with Crippen LogP contribution in [0.1, 0.15) is 30.6 Å². The molecule has 21 heavy (non-hydrogen) atoms. The van der Waals surface area contributed by atoms with E-state index in [1.807, 2.05) is 0 Å². The van der Waals surface area contributed by atoms with Crippen molar-refractivity contribution in [3.63, 3.8) is 0 Å². The summed E-state index contributed by atoms with van der Waals surface area (Å²) >= 11 is 0. The van der Waals surface area contributed by atoms with Crippen LogP contribution in [0, 0.1) is 0 Å². The molecule has 0 saturated carbocycles. The summed E-state index contributed by atoms with van der Waals surface area (Å²) in [5.41, 5.74) is 0.345. The van der Waals surface area contributed by atoms with Gasteiger partial charge < -0.3 is 10.0 Å². The van der Waals surface area contributed by atoms with E-state index in [-0.39, 0.29) is 29.5 Å². The number of carboxylic acid groups (broad SMARTS) is 1. The molecule has 7 heteroatoms. The molecule has 0 spiro atoms. The molecule has 0 atom stereocenters. The zero-order valence-corrected chi connectivity index (χ0v) is 12.9. The van der Waals surface area contributed by atoms with Gasteiger partial charge in [0.15, 0.2) is 9.84 Å². The van der Waals surface area contributed by atoms with Gasteiger partial charge in [-0.25, -0.2) is 8.42 Å². The first-order valence-electron chi connectivity index (χ1n) is 6.65. The van der Waals surface area contributed by atoms with Crippen LogP contribution in [0.25, 0.3) is 0 Å². The van der Waals surface area contributed by atoms with Crippen molar-refractivity contribution < 1.29 is 23.1 Å². The molecule has 0 heterocycles. The Morgan fingerprint density at radius 1 is 1.14 bits per heavy atom. The lowest BCUT2D eigenvalue weighted by Crippen LogP contribution is -2.32. The van der Waals surface area contributed by atoms with Crippen LogP contribution in [0.5, 0.6) is 0 Å². The molecule has 116 valence electrons. The topological polar surface area (TPSA) is 91.8 Å². The van der Waals surface area contributed by atoms with E-state index in [4.69, 9.17) is 5.11 Å². The normalized spacial score (nSPS) is 11.1. The Morgan fingerprint density at radius 3 is 2.14 bits per heavy atom. The smallest absolute Gasteiger partial charge is 0.305 e. The number of carbonyl (C=O) groups excluding carboxylic acids is 1. The van der Waals surface area contributed by atoms with Crippen molar-refractivity contribution in [2.24, 2.45) is 0 Å². The lowest BCUT2D eigenvalue weighted by Gasteiger charge is -2.20. The number of hydrogen-bond acceptors (Lipinski definition) is 4. The molecule has 0 unspecified atom stereocenters. The van der Waals surface area contributed by atoms with E-state index < -0.39 is 15.8 Å². The van der Waals surface area contributed by atoms with Gasteiger partial charge in [0.1, 0.15) is 0 Å². The molecule has 0 aromatic heterocycles. The van der Waals surface area contributed by atoms with Crippen LogP contribution in [0.15, 0.2) is 29.2 Å². The third-order valence-electron chi connectivity index (χ3n) is 3.10. The summed E-state index contributed by atoms with van der Waals surface area (Å²) in [5, 5.41) is 8.66. The minimum Gasteiger partial charge on any atom is -0.481 e. The van der Waals surface area contributed by atoms with Gasteiger partial charge in [-0.15, -0.1) is 0 Å². The Hall–Kier alpha value is -1.89. The summed E-state index contributed by atoms with van der Waals surface area (Å²) < 4.78 is 23.4. The molecule has 0 fully saturated rings. The maximum absolute atomic E-state index is 12.2. The van der Waals surface area contributed by atoms with Crippen molar-refractivity contribution in [1.29, 1.82) is 0 Å². The van der Waals surface area contributed by atoms with Crippen molar-refractivity contribution in [2.75, 3.05) is 18.8 Å². The summed E-state index contributed by atoms with van der Waals surface area (Å²) in [6.45, 7) is 3.83. The van der Waals surface area contributed by atoms with Gasteiger partial charge in [-0.2, -0.15) is 0 Å². The molecule has 6 nitrogen and oxygen atoms in total. The highest BCUT2D eigenvalue weighted by atomic mass is 32.2. The van der Waals surface area contributed by atoms with Crippen LogP contribution in [0.4, 0.5) is 0 Å². The molecule has 1 rings (SSSR count). The van der Waals surface area contributed by atoms with Crippen LogP contribution in [0.2, 0.25) is 0 Å². The molecular weight excluding hydrogens is 294 g/mol. The van der Waals surface area contributed by atoms with Crippen molar-refractivity contribution in [1.82, 2.24) is 4.90 Å². The molecule has 0 aliphatic heterocycles. The standard InChI is InChI=1S/C14H19NO5S/c1-3-15(10-9-13(16)17)14(18)11-5-7-12(8-6-11)21(19,20)4-2/h5-8H,3-4,9-10H2,1-2H3,(H,16,17). The van der Waals surface area contributed by atoms with Gasteiger partial charge >= 0.3 is 5.97 Å². The summed E-state index contributed by atoms with van der Waals surface area (Å²) in [6, 6.07) is 5.71. The van der Waals surface area contributed by atoms with E-state index in [1.54, 1.807) is 13.8 Å². The molecule has 0 aliphatic rings. The third kappa shape index (κ3) is 4.56. The molecule has 0 radical (unpaired) electrons. The first-order valence-corrected chi connectivity index (χ1v) is 8.31. The Kier molecular flexibility index (Phi) is 5.90. The summed E-state index contributed by atoms with van der Waals surface area (Å²) in [7, 11) is -3.29. The van der Waals surface area contributed by atoms with E-state index >= 15 is 0 Å². The number of carboxylic acids is 1. The zero-order valence-electron chi connectivity index (χ0n) is 12.1. The number of benzene rings is 1. The number of amides is 1. The van der Waals surface area contributed by atoms with Crippen LogP contribution >= 0.6 is 0 Å². The largest absolute Gasteiger partial charge is 0.481 e. The molecule has 1 amide bonds. The second-order valence-electron chi connectivity index (χ2n) is 4.46. The number of aliphatic carboxylic acids is 1. The van der Waals surface area contributed by atoms with Crippen LogP contribution in [-0.2, 0) is 14.6 Å². The fraction of sp³-hybridized carbons (Fsp3) is 0.429. The van der Waals surface area contributed by atoms with Crippen LogP contribution in [-0.4, -0.2) is 49.1 Å². The highest BCUT2D eigenvalue weighted by molar-refractivity contribution is 7.91. The van der Waals surface area contributed by atoms with E-state index in [0.717, 1.165) is 0 Å². The second-order valence-corrected chi connectivity index (χ2v) is 6.73. The lowest BCUT2D eigenvalue weighted by atomic mass is 10.2. The summed E-state index contributed by atoms with van der Waals surface area (Å²) in [6.07, 6.45) is -0.123. The SMILES string of the molecule is CCN(CCC(=O)O)C(=O)c1ccc(S(=O)(=O)CC)cc1. The number of nitrogens with zero attached hydrogens (tertiary/aromatic N) is 1. The average Bonchev–Trinajstić information content (AvgIpc) is 2.47. The minimum absolute atomic E-state index is 0.0000103. The van der Waals surface area contributed by atoms with Gasteiger partial charge in [0.05, 0.1) is 17.1 Å². The summed E-state index contributed by atoms with van der Waals surface area (Å²) in [5.74, 6) is -1.27. The Bertz CT molecular complexity index is 607. The van der Waals surface area contributed by atoms with Gasteiger partial charge in [-0.3, -0.25) is 9.59 Å². The quantitative estimate of drug-likeness (QED) is 0.822. The molecule has 1 aromatic rings. The van der Waals surface area contributed by atoms with Gasteiger partial charge in [-0.1, -0.05) is 6.92 Å². The second kappa shape index (κ2) is 7.21.